The van der Waals surface area contributed by atoms with Crippen LogP contribution in [0.25, 0.3) is 11.1 Å². The summed E-state index contributed by atoms with van der Waals surface area (Å²) < 4.78 is 0. The average molecular weight is 291 g/mol. The molecule has 0 unspecified atom stereocenters. The molecule has 2 aromatic rings. The van der Waals surface area contributed by atoms with E-state index >= 15 is 0 Å². The number of hydrogen-bond acceptors (Lipinski definition) is 1. The van der Waals surface area contributed by atoms with Crippen molar-refractivity contribution in [2.75, 3.05) is 0 Å². The van der Waals surface area contributed by atoms with Crippen LogP contribution in [-0.2, 0) is 5.41 Å². The molecule has 20 heavy (non-hydrogen) atoms. The summed E-state index contributed by atoms with van der Waals surface area (Å²) in [4.78, 5) is 10.8. The van der Waals surface area contributed by atoms with Crippen LogP contribution in [0, 0.1) is 0 Å². The van der Waals surface area contributed by atoms with Crippen LogP contribution in [-0.4, -0.2) is 11.1 Å². The lowest BCUT2D eigenvalue weighted by Gasteiger charge is -2.19. The van der Waals surface area contributed by atoms with Gasteiger partial charge in [0.2, 0.25) is 0 Å². The average Bonchev–Trinajstić information content (AvgIpc) is 2.38. The smallest absolute Gasteiger partial charge is 0.335 e. The number of carbonyl (C=O) groups is 1. The monoisotopic (exact) mass is 290 g/mol. The van der Waals surface area contributed by atoms with Gasteiger partial charge in [0.05, 0.1) is 5.56 Å². The molecule has 0 saturated heterocycles. The summed E-state index contributed by atoms with van der Waals surface area (Å²) in [5.74, 6) is -0.894. The fourth-order valence-corrected chi connectivity index (χ4v) is 1.97. The second-order valence-corrected chi connectivity index (χ2v) is 5.71. The molecule has 0 saturated carbocycles. The molecule has 0 bridgehead atoms. The number of carboxylic acids is 1. The highest BCUT2D eigenvalue weighted by molar-refractivity contribution is 5.88. The van der Waals surface area contributed by atoms with Crippen molar-refractivity contribution in [3.8, 4) is 11.1 Å². The number of hydrogen-bond donors (Lipinski definition) is 1. The molecule has 3 heteroatoms. The van der Waals surface area contributed by atoms with Gasteiger partial charge in [-0.2, -0.15) is 0 Å². The Morgan fingerprint density at radius 2 is 1.25 bits per heavy atom. The van der Waals surface area contributed by atoms with Crippen LogP contribution in [0.4, 0.5) is 0 Å². The Kier molecular flexibility index (Phi) is 4.96. The molecule has 0 radical (unpaired) electrons. The van der Waals surface area contributed by atoms with Gasteiger partial charge in [-0.15, -0.1) is 12.4 Å². The summed E-state index contributed by atoms with van der Waals surface area (Å²) in [5.41, 5.74) is 3.88. The summed E-state index contributed by atoms with van der Waals surface area (Å²) in [5, 5.41) is 8.87. The largest absolute Gasteiger partial charge is 0.478 e. The first-order valence-electron chi connectivity index (χ1n) is 6.32. The Hall–Kier alpha value is -1.80. The van der Waals surface area contributed by atoms with Crippen molar-refractivity contribution in [3.05, 3.63) is 59.7 Å². The minimum Gasteiger partial charge on any atom is -0.478 e. The van der Waals surface area contributed by atoms with Crippen LogP contribution in [0.15, 0.2) is 48.5 Å². The predicted octanol–water partition coefficient (Wildman–Crippen LogP) is 4.77. The number of benzene rings is 2. The number of carboxylic acid groups (broad SMARTS) is 1. The second-order valence-electron chi connectivity index (χ2n) is 5.71. The van der Waals surface area contributed by atoms with E-state index in [1.807, 2.05) is 12.1 Å². The maximum atomic E-state index is 10.8. The Balaban J connectivity index is 0.00000200. The van der Waals surface area contributed by atoms with Crippen LogP contribution < -0.4 is 0 Å². The first-order chi connectivity index (χ1) is 8.88. The molecular formula is C17H19ClO2. The lowest BCUT2D eigenvalue weighted by atomic mass is 9.86. The van der Waals surface area contributed by atoms with Crippen molar-refractivity contribution < 1.29 is 9.90 Å². The van der Waals surface area contributed by atoms with E-state index in [0.29, 0.717) is 5.56 Å². The van der Waals surface area contributed by atoms with Crippen molar-refractivity contribution in [2.24, 2.45) is 0 Å². The van der Waals surface area contributed by atoms with Gasteiger partial charge in [0.25, 0.3) is 0 Å². The lowest BCUT2D eigenvalue weighted by molar-refractivity contribution is 0.0697. The molecule has 0 aliphatic carbocycles. The van der Waals surface area contributed by atoms with Gasteiger partial charge in [0, 0.05) is 0 Å². The highest BCUT2D eigenvalue weighted by Crippen LogP contribution is 2.26. The number of aromatic carboxylic acids is 1. The SMILES string of the molecule is CC(C)(C)c1ccc(-c2ccc(C(=O)O)cc2)cc1.Cl. The van der Waals surface area contributed by atoms with E-state index in [1.165, 1.54) is 5.56 Å². The Bertz CT molecular complexity index is 578. The molecule has 0 aliphatic rings. The van der Waals surface area contributed by atoms with Gasteiger partial charge in [-0.1, -0.05) is 57.2 Å². The summed E-state index contributed by atoms with van der Waals surface area (Å²) >= 11 is 0. The first kappa shape index (κ1) is 16.3. The molecule has 0 amide bonds. The number of halogens is 1. The first-order valence-corrected chi connectivity index (χ1v) is 6.32. The van der Waals surface area contributed by atoms with Crippen LogP contribution in [0.3, 0.4) is 0 Å². The van der Waals surface area contributed by atoms with Gasteiger partial charge in [-0.3, -0.25) is 0 Å². The molecule has 0 aromatic heterocycles. The minimum atomic E-state index is -0.894. The second kappa shape index (κ2) is 6.10. The van der Waals surface area contributed by atoms with E-state index in [0.717, 1.165) is 11.1 Å². The molecular weight excluding hydrogens is 272 g/mol. The normalized spacial score (nSPS) is 10.8. The van der Waals surface area contributed by atoms with Gasteiger partial charge in [0.15, 0.2) is 0 Å². The van der Waals surface area contributed by atoms with Crippen LogP contribution in [0.2, 0.25) is 0 Å². The maximum Gasteiger partial charge on any atom is 0.335 e. The molecule has 0 atom stereocenters. The standard InChI is InChI=1S/C17H18O2.ClH/c1-17(2,3)15-10-8-13(9-11-15)12-4-6-14(7-5-12)16(18)19;/h4-11H,1-3H3,(H,18,19);1H. The highest BCUT2D eigenvalue weighted by atomic mass is 35.5. The van der Waals surface area contributed by atoms with Gasteiger partial charge >= 0.3 is 5.97 Å². The van der Waals surface area contributed by atoms with Gasteiger partial charge in [0.1, 0.15) is 0 Å². The maximum absolute atomic E-state index is 10.8. The van der Waals surface area contributed by atoms with Crippen molar-refractivity contribution in [1.29, 1.82) is 0 Å². The molecule has 0 heterocycles. The Morgan fingerprint density at radius 1 is 0.850 bits per heavy atom. The third-order valence-electron chi connectivity index (χ3n) is 3.22. The zero-order chi connectivity index (χ0) is 14.0. The van der Waals surface area contributed by atoms with Crippen LogP contribution >= 0.6 is 12.4 Å². The zero-order valence-corrected chi connectivity index (χ0v) is 12.7. The van der Waals surface area contributed by atoms with Crippen LogP contribution in [0.1, 0.15) is 36.7 Å². The summed E-state index contributed by atoms with van der Waals surface area (Å²) in [6.07, 6.45) is 0. The quantitative estimate of drug-likeness (QED) is 0.865. The fourth-order valence-electron chi connectivity index (χ4n) is 1.97. The Morgan fingerprint density at radius 3 is 1.60 bits per heavy atom. The van der Waals surface area contributed by atoms with Crippen molar-refractivity contribution in [1.82, 2.24) is 0 Å². The molecule has 2 aromatic carbocycles. The summed E-state index contributed by atoms with van der Waals surface area (Å²) in [7, 11) is 0. The number of rotatable bonds is 2. The van der Waals surface area contributed by atoms with Crippen molar-refractivity contribution in [2.45, 2.75) is 26.2 Å². The Labute approximate surface area is 125 Å². The molecule has 106 valence electrons. The topological polar surface area (TPSA) is 37.3 Å². The van der Waals surface area contributed by atoms with Crippen LogP contribution in [0.5, 0.6) is 0 Å². The lowest BCUT2D eigenvalue weighted by Crippen LogP contribution is -2.10. The molecule has 0 spiro atoms. The summed E-state index contributed by atoms with van der Waals surface area (Å²) in [6, 6.07) is 15.4. The van der Waals surface area contributed by atoms with Gasteiger partial charge in [-0.05, 0) is 34.2 Å². The van der Waals surface area contributed by atoms with Crippen molar-refractivity contribution in [3.63, 3.8) is 0 Å². The van der Waals surface area contributed by atoms with E-state index in [2.05, 4.69) is 45.0 Å². The summed E-state index contributed by atoms with van der Waals surface area (Å²) in [6.45, 7) is 6.55. The third kappa shape index (κ3) is 3.61. The van der Waals surface area contributed by atoms with Gasteiger partial charge < -0.3 is 5.11 Å². The van der Waals surface area contributed by atoms with E-state index < -0.39 is 5.97 Å². The predicted molar refractivity (Wildman–Crippen MR) is 84.8 cm³/mol. The van der Waals surface area contributed by atoms with Gasteiger partial charge in [-0.25, -0.2) is 4.79 Å². The molecule has 1 N–H and O–H groups in total. The highest BCUT2D eigenvalue weighted by Gasteiger charge is 2.13. The fraction of sp³-hybridized carbons (Fsp3) is 0.235. The molecule has 2 nitrogen and oxygen atoms in total. The molecule has 0 aliphatic heterocycles. The minimum absolute atomic E-state index is 0. The van der Waals surface area contributed by atoms with E-state index in [-0.39, 0.29) is 17.8 Å². The third-order valence-corrected chi connectivity index (χ3v) is 3.22. The van der Waals surface area contributed by atoms with E-state index in [4.69, 9.17) is 5.11 Å². The van der Waals surface area contributed by atoms with Crippen molar-refractivity contribution >= 4 is 18.4 Å². The van der Waals surface area contributed by atoms with E-state index in [1.54, 1.807) is 12.1 Å². The molecule has 0 fully saturated rings. The molecule has 2 rings (SSSR count). The van der Waals surface area contributed by atoms with E-state index in [9.17, 15) is 4.79 Å². The zero-order valence-electron chi connectivity index (χ0n) is 11.9.